The predicted octanol–water partition coefficient (Wildman–Crippen LogP) is 3.40. The van der Waals surface area contributed by atoms with E-state index in [1.165, 1.54) is 0 Å². The molecule has 1 aromatic heterocycles. The van der Waals surface area contributed by atoms with Crippen LogP contribution in [0, 0.1) is 0 Å². The molecule has 0 atom stereocenters. The molecule has 0 saturated carbocycles. The third-order valence-electron chi connectivity index (χ3n) is 2.07. The summed E-state index contributed by atoms with van der Waals surface area (Å²) in [6.45, 7) is 0. The zero-order valence-electron chi connectivity index (χ0n) is 7.01. The first kappa shape index (κ1) is 8.73. The Hall–Kier alpha value is -0.860. The van der Waals surface area contributed by atoms with Crippen molar-refractivity contribution in [2.45, 2.75) is 0 Å². The number of halogens is 2. The van der Waals surface area contributed by atoms with Gasteiger partial charge in [0.05, 0.1) is 16.2 Å². The van der Waals surface area contributed by atoms with Gasteiger partial charge in [-0.3, -0.25) is 4.84 Å². The largest absolute Gasteiger partial charge is 0.349 e. The summed E-state index contributed by atoms with van der Waals surface area (Å²) in [5.41, 5.74) is 1.90. The van der Waals surface area contributed by atoms with Crippen molar-refractivity contribution in [1.82, 2.24) is 4.57 Å². The molecule has 0 aliphatic rings. The van der Waals surface area contributed by atoms with E-state index < -0.39 is 0 Å². The molecule has 1 heterocycles. The summed E-state index contributed by atoms with van der Waals surface area (Å²) in [5, 5.41) is 1.67. The van der Waals surface area contributed by atoms with Crippen molar-refractivity contribution in [3.8, 4) is 0 Å². The van der Waals surface area contributed by atoms with Gasteiger partial charge in [0.1, 0.15) is 0 Å². The maximum absolute atomic E-state index is 6.04. The minimum absolute atomic E-state index is 0.709. The number of benzene rings is 1. The average Bonchev–Trinajstić information content (AvgIpc) is 2.43. The van der Waals surface area contributed by atoms with E-state index in [2.05, 4.69) is 4.84 Å². The monoisotopic (exact) mass is 214 g/mol. The molecule has 0 aliphatic carbocycles. The second-order valence-corrected chi connectivity index (χ2v) is 3.48. The molecule has 0 aliphatic heterocycles. The predicted molar refractivity (Wildman–Crippen MR) is 57.4 cm³/mol. The number of nitrogens with one attached hydrogen (secondary N) is 1. The topological polar surface area (TPSA) is 17.0 Å². The van der Waals surface area contributed by atoms with Crippen LogP contribution in [-0.2, 0) is 7.05 Å². The Morgan fingerprint density at radius 3 is 2.85 bits per heavy atom. The van der Waals surface area contributed by atoms with E-state index in [1.807, 2.05) is 36.0 Å². The standard InChI is InChI=1S/C9H8Cl2N2/c1-13-5-6(10)9-7(12-11)3-2-4-8(9)13/h2-5,12H,1H3. The first-order valence-corrected chi connectivity index (χ1v) is 4.60. The molecule has 13 heavy (non-hydrogen) atoms. The SMILES string of the molecule is Cn1cc(Cl)c2c(NCl)cccc21. The normalized spacial score (nSPS) is 10.7. The number of anilines is 1. The van der Waals surface area contributed by atoms with E-state index >= 15 is 0 Å². The molecule has 4 heteroatoms. The maximum atomic E-state index is 6.04. The summed E-state index contributed by atoms with van der Waals surface area (Å²) in [4.78, 5) is 2.60. The van der Waals surface area contributed by atoms with Crippen LogP contribution < -0.4 is 4.84 Å². The third-order valence-corrected chi connectivity index (χ3v) is 2.56. The number of nitrogens with zero attached hydrogens (tertiary/aromatic N) is 1. The van der Waals surface area contributed by atoms with Crippen molar-refractivity contribution >= 4 is 40.0 Å². The molecular weight excluding hydrogens is 207 g/mol. The highest BCUT2D eigenvalue weighted by Crippen LogP contribution is 2.31. The third kappa shape index (κ3) is 1.26. The summed E-state index contributed by atoms with van der Waals surface area (Å²) in [6, 6.07) is 5.82. The van der Waals surface area contributed by atoms with Crippen LogP contribution in [0.15, 0.2) is 24.4 Å². The fourth-order valence-electron chi connectivity index (χ4n) is 1.47. The summed E-state index contributed by atoms with van der Waals surface area (Å²) >= 11 is 11.6. The first-order chi connectivity index (χ1) is 6.24. The molecule has 0 saturated heterocycles. The second kappa shape index (κ2) is 3.13. The number of hydrogen-bond acceptors (Lipinski definition) is 1. The first-order valence-electron chi connectivity index (χ1n) is 3.84. The van der Waals surface area contributed by atoms with Crippen LogP contribution in [0.5, 0.6) is 0 Å². The number of hydrogen-bond donors (Lipinski definition) is 1. The second-order valence-electron chi connectivity index (χ2n) is 2.88. The van der Waals surface area contributed by atoms with Crippen LogP contribution in [0.3, 0.4) is 0 Å². The lowest BCUT2D eigenvalue weighted by Crippen LogP contribution is -1.85. The highest BCUT2D eigenvalue weighted by molar-refractivity contribution is 6.37. The van der Waals surface area contributed by atoms with Crippen LogP contribution in [-0.4, -0.2) is 4.57 Å². The van der Waals surface area contributed by atoms with Gasteiger partial charge < -0.3 is 4.57 Å². The van der Waals surface area contributed by atoms with Crippen LogP contribution in [0.1, 0.15) is 0 Å². The number of aromatic nitrogens is 1. The Kier molecular flexibility index (Phi) is 2.10. The molecule has 0 fully saturated rings. The lowest BCUT2D eigenvalue weighted by molar-refractivity contribution is 0.969. The Morgan fingerprint density at radius 1 is 1.38 bits per heavy atom. The van der Waals surface area contributed by atoms with Crippen LogP contribution in [0.4, 0.5) is 5.69 Å². The van der Waals surface area contributed by atoms with Crippen molar-refractivity contribution in [3.63, 3.8) is 0 Å². The van der Waals surface area contributed by atoms with E-state index in [1.54, 1.807) is 0 Å². The van der Waals surface area contributed by atoms with Gasteiger partial charge in [-0.25, -0.2) is 0 Å². The summed E-state index contributed by atoms with van der Waals surface area (Å²) < 4.78 is 1.97. The molecule has 0 spiro atoms. The van der Waals surface area contributed by atoms with Crippen LogP contribution >= 0.6 is 23.4 Å². The van der Waals surface area contributed by atoms with Gasteiger partial charge in [0.25, 0.3) is 0 Å². The fourth-order valence-corrected chi connectivity index (χ4v) is 1.97. The Morgan fingerprint density at radius 2 is 2.15 bits per heavy atom. The highest BCUT2D eigenvalue weighted by atomic mass is 35.5. The number of fused-ring (bicyclic) bond motifs is 1. The molecule has 1 aromatic carbocycles. The Labute approximate surface area is 86.2 Å². The molecule has 2 rings (SSSR count). The molecule has 0 amide bonds. The van der Waals surface area contributed by atoms with Crippen molar-refractivity contribution in [2.24, 2.45) is 7.05 Å². The smallest absolute Gasteiger partial charge is 0.0682 e. The maximum Gasteiger partial charge on any atom is 0.0682 e. The van der Waals surface area contributed by atoms with Crippen molar-refractivity contribution in [3.05, 3.63) is 29.4 Å². The van der Waals surface area contributed by atoms with Gasteiger partial charge in [-0.15, -0.1) is 0 Å². The van der Waals surface area contributed by atoms with Gasteiger partial charge in [0.2, 0.25) is 0 Å². The van der Waals surface area contributed by atoms with Gasteiger partial charge in [0.15, 0.2) is 0 Å². The zero-order valence-corrected chi connectivity index (χ0v) is 8.52. The van der Waals surface area contributed by atoms with Crippen molar-refractivity contribution < 1.29 is 0 Å². The summed E-state index contributed by atoms with van der Waals surface area (Å²) in [7, 11) is 1.95. The van der Waals surface area contributed by atoms with E-state index in [4.69, 9.17) is 23.4 Å². The van der Waals surface area contributed by atoms with Crippen LogP contribution in [0.25, 0.3) is 10.9 Å². The average molecular weight is 215 g/mol. The molecule has 0 bridgehead atoms. The van der Waals surface area contributed by atoms with E-state index in [9.17, 15) is 0 Å². The van der Waals surface area contributed by atoms with Gasteiger partial charge >= 0.3 is 0 Å². The highest BCUT2D eigenvalue weighted by Gasteiger charge is 2.07. The minimum atomic E-state index is 0.709. The van der Waals surface area contributed by atoms with Gasteiger partial charge in [-0.2, -0.15) is 0 Å². The van der Waals surface area contributed by atoms with Gasteiger partial charge in [-0.1, -0.05) is 17.7 Å². The van der Waals surface area contributed by atoms with Gasteiger partial charge in [0, 0.05) is 30.4 Å². The molecule has 2 aromatic rings. The van der Waals surface area contributed by atoms with Crippen molar-refractivity contribution in [1.29, 1.82) is 0 Å². The van der Waals surface area contributed by atoms with E-state index in [0.29, 0.717) is 5.02 Å². The van der Waals surface area contributed by atoms with E-state index in [-0.39, 0.29) is 0 Å². The molecule has 0 unspecified atom stereocenters. The Bertz CT molecular complexity index is 448. The molecule has 0 radical (unpaired) electrons. The van der Waals surface area contributed by atoms with Crippen LogP contribution in [0.2, 0.25) is 5.02 Å². The number of rotatable bonds is 1. The zero-order chi connectivity index (χ0) is 9.42. The molecule has 1 N–H and O–H groups in total. The molecular formula is C9H8Cl2N2. The number of aryl methyl sites for hydroxylation is 1. The Balaban J connectivity index is 2.88. The fraction of sp³-hybridized carbons (Fsp3) is 0.111. The van der Waals surface area contributed by atoms with Gasteiger partial charge in [-0.05, 0) is 12.1 Å². The summed E-state index contributed by atoms with van der Waals surface area (Å²) in [5.74, 6) is 0. The molecule has 2 nitrogen and oxygen atoms in total. The minimum Gasteiger partial charge on any atom is -0.349 e. The van der Waals surface area contributed by atoms with E-state index in [0.717, 1.165) is 16.6 Å². The van der Waals surface area contributed by atoms with Crippen molar-refractivity contribution in [2.75, 3.05) is 4.84 Å². The lowest BCUT2D eigenvalue weighted by atomic mass is 10.2. The summed E-state index contributed by atoms with van der Waals surface area (Å²) in [6.07, 6.45) is 1.87. The lowest BCUT2D eigenvalue weighted by Gasteiger charge is -2.00. The quantitative estimate of drug-likeness (QED) is 0.721. The molecule has 68 valence electrons.